The Morgan fingerprint density at radius 1 is 1.25 bits per heavy atom. The van der Waals surface area contributed by atoms with Gasteiger partial charge in [0, 0.05) is 0 Å². The van der Waals surface area contributed by atoms with Crippen molar-refractivity contribution >= 4 is 0 Å². The molecule has 1 aliphatic carbocycles. The summed E-state index contributed by atoms with van der Waals surface area (Å²) in [6.45, 7) is 6.87. The van der Waals surface area contributed by atoms with Crippen molar-refractivity contribution in [3.05, 3.63) is 34.9 Å². The lowest BCUT2D eigenvalue weighted by Gasteiger charge is -2.09. The highest BCUT2D eigenvalue weighted by Crippen LogP contribution is 2.37. The van der Waals surface area contributed by atoms with E-state index in [0.29, 0.717) is 0 Å². The molecule has 0 fully saturated rings. The van der Waals surface area contributed by atoms with Crippen molar-refractivity contribution in [2.75, 3.05) is 0 Å². The van der Waals surface area contributed by atoms with E-state index in [4.69, 9.17) is 0 Å². The minimum Gasteiger partial charge on any atom is -0.0616 e. The lowest BCUT2D eigenvalue weighted by atomic mass is 9.96. The van der Waals surface area contributed by atoms with Crippen LogP contribution in [-0.4, -0.2) is 0 Å². The Labute approximate surface area is 74.6 Å². The molecule has 0 saturated carbocycles. The predicted molar refractivity (Wildman–Crippen MR) is 52.5 cm³/mol. The van der Waals surface area contributed by atoms with Gasteiger partial charge in [0.1, 0.15) is 0 Å². The highest BCUT2D eigenvalue weighted by atomic mass is 14.3. The first-order valence-electron chi connectivity index (χ1n) is 4.78. The van der Waals surface area contributed by atoms with E-state index in [-0.39, 0.29) is 0 Å². The summed E-state index contributed by atoms with van der Waals surface area (Å²) in [5.41, 5.74) is 4.55. The number of benzene rings is 1. The average Bonchev–Trinajstić information content (AvgIpc) is 2.31. The second kappa shape index (κ2) is 2.62. The molecule has 2 unspecified atom stereocenters. The standard InChI is InChI=1S/C12H16/c1-8-4-5-11-7-9(2)10(3)12(11)6-8/h4-6,9-10H,7H2,1-3H3. The van der Waals surface area contributed by atoms with Crippen molar-refractivity contribution in [3.63, 3.8) is 0 Å². The van der Waals surface area contributed by atoms with Gasteiger partial charge in [-0.3, -0.25) is 0 Å². The molecule has 12 heavy (non-hydrogen) atoms. The van der Waals surface area contributed by atoms with Gasteiger partial charge < -0.3 is 0 Å². The van der Waals surface area contributed by atoms with Gasteiger partial charge in [0.15, 0.2) is 0 Å². The molecule has 0 radical (unpaired) electrons. The lowest BCUT2D eigenvalue weighted by molar-refractivity contribution is 0.532. The molecule has 0 N–H and O–H groups in total. The molecular formula is C12H16. The van der Waals surface area contributed by atoms with Crippen LogP contribution < -0.4 is 0 Å². The van der Waals surface area contributed by atoms with Crippen LogP contribution in [0.25, 0.3) is 0 Å². The summed E-state index contributed by atoms with van der Waals surface area (Å²) in [5, 5.41) is 0. The first-order chi connectivity index (χ1) is 5.68. The molecule has 2 rings (SSSR count). The van der Waals surface area contributed by atoms with Gasteiger partial charge in [0.25, 0.3) is 0 Å². The molecule has 0 spiro atoms. The van der Waals surface area contributed by atoms with Crippen molar-refractivity contribution in [1.82, 2.24) is 0 Å². The Bertz CT molecular complexity index is 299. The van der Waals surface area contributed by atoms with Gasteiger partial charge >= 0.3 is 0 Å². The number of hydrogen-bond donors (Lipinski definition) is 0. The van der Waals surface area contributed by atoms with Crippen molar-refractivity contribution in [2.45, 2.75) is 33.1 Å². The number of fused-ring (bicyclic) bond motifs is 1. The van der Waals surface area contributed by atoms with E-state index >= 15 is 0 Å². The quantitative estimate of drug-likeness (QED) is 0.546. The Morgan fingerprint density at radius 2 is 2.00 bits per heavy atom. The second-order valence-corrected chi connectivity index (χ2v) is 4.17. The Balaban J connectivity index is 2.48. The number of aryl methyl sites for hydroxylation is 1. The van der Waals surface area contributed by atoms with E-state index in [1.54, 1.807) is 11.1 Å². The van der Waals surface area contributed by atoms with Crippen LogP contribution in [0.5, 0.6) is 0 Å². The van der Waals surface area contributed by atoms with Gasteiger partial charge in [-0.25, -0.2) is 0 Å². The fourth-order valence-corrected chi connectivity index (χ4v) is 2.15. The third-order valence-corrected chi connectivity index (χ3v) is 3.19. The van der Waals surface area contributed by atoms with E-state index in [1.165, 1.54) is 12.0 Å². The summed E-state index contributed by atoms with van der Waals surface area (Å²) in [7, 11) is 0. The molecule has 0 bridgehead atoms. The molecule has 0 nitrogen and oxygen atoms in total. The summed E-state index contributed by atoms with van der Waals surface area (Å²) >= 11 is 0. The lowest BCUT2D eigenvalue weighted by Crippen LogP contribution is -1.97. The summed E-state index contributed by atoms with van der Waals surface area (Å²) < 4.78 is 0. The van der Waals surface area contributed by atoms with Crippen LogP contribution in [0.4, 0.5) is 0 Å². The van der Waals surface area contributed by atoms with Crippen LogP contribution in [0.15, 0.2) is 18.2 Å². The van der Waals surface area contributed by atoms with Crippen molar-refractivity contribution in [1.29, 1.82) is 0 Å². The molecule has 1 aromatic rings. The fourth-order valence-electron chi connectivity index (χ4n) is 2.15. The maximum absolute atomic E-state index is 2.35. The van der Waals surface area contributed by atoms with Crippen LogP contribution in [0, 0.1) is 12.8 Å². The van der Waals surface area contributed by atoms with E-state index < -0.39 is 0 Å². The first-order valence-corrected chi connectivity index (χ1v) is 4.78. The minimum atomic E-state index is 0.764. The minimum absolute atomic E-state index is 0.764. The van der Waals surface area contributed by atoms with Crippen LogP contribution in [0.3, 0.4) is 0 Å². The van der Waals surface area contributed by atoms with Gasteiger partial charge in [0.2, 0.25) is 0 Å². The van der Waals surface area contributed by atoms with E-state index in [2.05, 4.69) is 39.0 Å². The molecule has 2 atom stereocenters. The predicted octanol–water partition coefficient (Wildman–Crippen LogP) is 3.29. The highest BCUT2D eigenvalue weighted by molar-refractivity contribution is 5.38. The maximum Gasteiger partial charge on any atom is -0.0159 e. The fraction of sp³-hybridized carbons (Fsp3) is 0.500. The summed E-state index contributed by atoms with van der Waals surface area (Å²) in [6, 6.07) is 6.87. The van der Waals surface area contributed by atoms with E-state index in [1.807, 2.05) is 0 Å². The van der Waals surface area contributed by atoms with Gasteiger partial charge in [0.05, 0.1) is 0 Å². The van der Waals surface area contributed by atoms with Crippen LogP contribution >= 0.6 is 0 Å². The average molecular weight is 160 g/mol. The van der Waals surface area contributed by atoms with Gasteiger partial charge in [-0.2, -0.15) is 0 Å². The summed E-state index contributed by atoms with van der Waals surface area (Å²) in [5.74, 6) is 1.60. The largest absolute Gasteiger partial charge is 0.0616 e. The Morgan fingerprint density at radius 3 is 2.75 bits per heavy atom. The molecule has 0 heteroatoms. The number of rotatable bonds is 0. The van der Waals surface area contributed by atoms with Gasteiger partial charge in [-0.1, -0.05) is 37.6 Å². The van der Waals surface area contributed by atoms with Crippen LogP contribution in [-0.2, 0) is 6.42 Å². The first kappa shape index (κ1) is 7.85. The topological polar surface area (TPSA) is 0 Å². The monoisotopic (exact) mass is 160 g/mol. The highest BCUT2D eigenvalue weighted by Gasteiger charge is 2.24. The van der Waals surface area contributed by atoms with E-state index in [0.717, 1.165) is 11.8 Å². The zero-order valence-corrected chi connectivity index (χ0v) is 8.09. The second-order valence-electron chi connectivity index (χ2n) is 4.17. The molecule has 1 aliphatic rings. The zero-order chi connectivity index (χ0) is 8.72. The van der Waals surface area contributed by atoms with Crippen LogP contribution in [0.1, 0.15) is 36.5 Å². The Kier molecular flexibility index (Phi) is 1.71. The van der Waals surface area contributed by atoms with E-state index in [9.17, 15) is 0 Å². The third kappa shape index (κ3) is 1.06. The maximum atomic E-state index is 2.35. The summed E-state index contributed by atoms with van der Waals surface area (Å²) in [4.78, 5) is 0. The molecule has 0 saturated heterocycles. The van der Waals surface area contributed by atoms with Crippen molar-refractivity contribution in [2.24, 2.45) is 5.92 Å². The number of hydrogen-bond acceptors (Lipinski definition) is 0. The van der Waals surface area contributed by atoms with Crippen LogP contribution in [0.2, 0.25) is 0 Å². The molecule has 0 aromatic heterocycles. The normalized spacial score (nSPS) is 27.2. The Hall–Kier alpha value is -0.780. The molecule has 0 heterocycles. The third-order valence-electron chi connectivity index (χ3n) is 3.19. The van der Waals surface area contributed by atoms with Gasteiger partial charge in [-0.15, -0.1) is 0 Å². The molecule has 0 amide bonds. The van der Waals surface area contributed by atoms with Crippen molar-refractivity contribution < 1.29 is 0 Å². The molecular weight excluding hydrogens is 144 g/mol. The van der Waals surface area contributed by atoms with Crippen molar-refractivity contribution in [3.8, 4) is 0 Å². The molecule has 0 aliphatic heterocycles. The summed E-state index contributed by atoms with van der Waals surface area (Å²) in [6.07, 6.45) is 1.27. The molecule has 64 valence electrons. The zero-order valence-electron chi connectivity index (χ0n) is 8.09. The molecule has 1 aromatic carbocycles. The smallest absolute Gasteiger partial charge is 0.0159 e. The van der Waals surface area contributed by atoms with Gasteiger partial charge in [-0.05, 0) is 36.3 Å². The SMILES string of the molecule is Cc1ccc2c(c1)C(C)C(C)C2.